The summed E-state index contributed by atoms with van der Waals surface area (Å²) in [5.74, 6) is 9.30. The molecule has 1 radical (unpaired) electrons. The van der Waals surface area contributed by atoms with Crippen LogP contribution in [0.4, 0.5) is 0 Å². The van der Waals surface area contributed by atoms with E-state index < -0.39 is 13.3 Å². The van der Waals surface area contributed by atoms with Crippen LogP contribution >= 0.6 is 0 Å². The summed E-state index contributed by atoms with van der Waals surface area (Å²) in [6.07, 6.45) is 3.27. The minimum atomic E-state index is -1.86. The number of aromatic nitrogens is 4. The van der Waals surface area contributed by atoms with Crippen LogP contribution in [0.3, 0.4) is 0 Å². The first kappa shape index (κ1) is 51.5. The first-order valence-electron chi connectivity index (χ1n) is 25.6. The molecule has 7 heteroatoms. The fourth-order valence-electron chi connectivity index (χ4n) is 10.4. The maximum absolute atomic E-state index is 6.74. The maximum atomic E-state index is 6.74. The van der Waals surface area contributed by atoms with Crippen LogP contribution in [0.1, 0.15) is 81.2 Å². The molecule has 0 amide bonds. The fourth-order valence-corrected chi connectivity index (χ4v) is 13.7. The Labute approximate surface area is 447 Å². The molecule has 4 heterocycles. The third-order valence-electron chi connectivity index (χ3n) is 14.0. The van der Waals surface area contributed by atoms with E-state index in [9.17, 15) is 0 Å². The number of imidazole rings is 1. The summed E-state index contributed by atoms with van der Waals surface area (Å²) in [5, 5.41) is 4.48. The molecule has 0 aliphatic carbocycles. The Bertz CT molecular complexity index is 3730. The molecule has 11 rings (SSSR count). The van der Waals surface area contributed by atoms with E-state index in [1.54, 1.807) is 4.40 Å². The van der Waals surface area contributed by atoms with Crippen LogP contribution in [0.25, 0.3) is 94.6 Å². The van der Waals surface area contributed by atoms with E-state index in [2.05, 4.69) is 223 Å². The van der Waals surface area contributed by atoms with Crippen molar-refractivity contribution in [3.8, 4) is 50.7 Å². The molecule has 7 aromatic carbocycles. The van der Waals surface area contributed by atoms with Gasteiger partial charge in [-0.25, -0.2) is 4.98 Å². The van der Waals surface area contributed by atoms with Crippen LogP contribution < -0.4 is 4.40 Å². The molecule has 11 aromatic rings. The number of fused-ring (bicyclic) bond motifs is 5. The second-order valence-electron chi connectivity index (χ2n) is 21.5. The van der Waals surface area contributed by atoms with Gasteiger partial charge in [0.1, 0.15) is 0 Å². The third kappa shape index (κ3) is 10.3. The van der Waals surface area contributed by atoms with Crippen LogP contribution in [0.2, 0.25) is 17.3 Å². The Hall–Kier alpha value is -6.44. The van der Waals surface area contributed by atoms with Crippen LogP contribution in [-0.4, -0.2) is 32.8 Å². The molecule has 0 saturated heterocycles. The SMILES string of the molecule is CC(C)Cc1cc(-c2[c-]cccc2)nc[c]1[Ge]([CH3])([CH3])[CH3].Cc1cccc(C)c1-c1ccc2c(n1)oc1c(-c3nc4ccccc4n3-c3c(C(C)C)cc(-c4ccc5ccccc5c4)cc3C(C)C)[c-]ccc12.[Ir]. The van der Waals surface area contributed by atoms with Gasteiger partial charge < -0.3 is 8.98 Å². The Kier molecular flexibility index (Phi) is 14.9. The average Bonchev–Trinajstić information content (AvgIpc) is 3.94. The molecule has 0 spiro atoms. The van der Waals surface area contributed by atoms with E-state index in [-0.39, 0.29) is 31.9 Å². The standard InChI is InChI=1S/C48H40N3O.C18H24GeN.Ir/c1-28(2)39-26-35(34-22-21-32-15-7-8-16-33(32)25-34)27-40(29(3)4)45(39)51-43-20-10-9-19-41(43)49-47(51)38-18-12-17-36-37-23-24-42(50-48(37)52-46(36)38)44-30(5)13-11-14-31(44)6;1-14(2)11-16-12-18(15-9-7-6-8-10-15)20-13-17(16)19(3,4)5;/h7-17,19-29H,1-6H3;6-9,12-14H,11H2,1-5H3;/q2*-1;. The summed E-state index contributed by atoms with van der Waals surface area (Å²) in [7, 11) is 0. The van der Waals surface area contributed by atoms with Crippen molar-refractivity contribution in [3.05, 3.63) is 198 Å². The number of pyridine rings is 2. The molecule has 0 bridgehead atoms. The van der Waals surface area contributed by atoms with Crippen LogP contribution in [0.15, 0.2) is 162 Å². The predicted octanol–water partition coefficient (Wildman–Crippen LogP) is 17.4. The van der Waals surface area contributed by atoms with E-state index in [1.165, 1.54) is 55.4 Å². The van der Waals surface area contributed by atoms with Crippen molar-refractivity contribution < 1.29 is 24.5 Å². The zero-order chi connectivity index (χ0) is 50.4. The number of hydrogen-bond donors (Lipinski definition) is 0. The summed E-state index contributed by atoms with van der Waals surface area (Å²) >= 11 is -1.86. The van der Waals surface area contributed by atoms with Gasteiger partial charge in [0.15, 0.2) is 0 Å². The second kappa shape index (κ2) is 21.2. The molecular weight excluding hydrogens is 1130 g/mol. The maximum Gasteiger partial charge on any atom is 0.216 e. The van der Waals surface area contributed by atoms with Gasteiger partial charge in [-0.1, -0.05) is 105 Å². The van der Waals surface area contributed by atoms with E-state index in [1.807, 2.05) is 24.3 Å². The molecule has 0 N–H and O–H groups in total. The van der Waals surface area contributed by atoms with Crippen LogP contribution in [-0.2, 0) is 26.5 Å². The van der Waals surface area contributed by atoms with Crippen molar-refractivity contribution >= 4 is 61.5 Å². The first-order chi connectivity index (χ1) is 34.6. The van der Waals surface area contributed by atoms with Gasteiger partial charge in [-0.15, -0.1) is 18.2 Å². The molecule has 0 aliphatic rings. The minimum absolute atomic E-state index is 0. The number of para-hydroxylation sites is 2. The Morgan fingerprint density at radius 2 is 1.32 bits per heavy atom. The van der Waals surface area contributed by atoms with E-state index >= 15 is 0 Å². The molecule has 5 nitrogen and oxygen atoms in total. The summed E-state index contributed by atoms with van der Waals surface area (Å²) in [4.78, 5) is 15.1. The molecule has 0 saturated carbocycles. The predicted molar refractivity (Wildman–Crippen MR) is 306 cm³/mol. The van der Waals surface area contributed by atoms with Crippen molar-refractivity contribution in [2.24, 2.45) is 5.92 Å². The number of aryl methyl sites for hydroxylation is 2. The molecule has 4 aromatic heterocycles. The summed E-state index contributed by atoms with van der Waals surface area (Å²) in [5.41, 5.74) is 18.4. The smallest absolute Gasteiger partial charge is 0.216 e. The zero-order valence-corrected chi connectivity index (χ0v) is 48.5. The van der Waals surface area contributed by atoms with Crippen molar-refractivity contribution in [1.82, 2.24) is 19.5 Å². The average molecular weight is 1190 g/mol. The Balaban J connectivity index is 0.000000264. The van der Waals surface area contributed by atoms with Gasteiger partial charge >= 0.3 is 126 Å². The number of hydrogen-bond acceptors (Lipinski definition) is 4. The van der Waals surface area contributed by atoms with Crippen LogP contribution in [0, 0.1) is 31.9 Å². The number of benzene rings is 7. The third-order valence-corrected chi connectivity index (χ3v) is 18.3. The molecule has 369 valence electrons. The Morgan fingerprint density at radius 3 is 2.00 bits per heavy atom. The molecule has 0 unspecified atom stereocenters. The number of rotatable bonds is 10. The summed E-state index contributed by atoms with van der Waals surface area (Å²) in [6.45, 7) is 18.0. The van der Waals surface area contributed by atoms with E-state index in [0.717, 1.165) is 67.7 Å². The van der Waals surface area contributed by atoms with Crippen LogP contribution in [0.5, 0.6) is 0 Å². The van der Waals surface area contributed by atoms with Gasteiger partial charge in [0.05, 0.1) is 28.1 Å². The van der Waals surface area contributed by atoms with E-state index in [0.29, 0.717) is 11.6 Å². The number of furan rings is 1. The summed E-state index contributed by atoms with van der Waals surface area (Å²) in [6, 6.07) is 60.5. The Morgan fingerprint density at radius 1 is 0.616 bits per heavy atom. The van der Waals surface area contributed by atoms with Gasteiger partial charge in [0, 0.05) is 36.7 Å². The number of nitrogens with zero attached hydrogens (tertiary/aromatic N) is 4. The van der Waals surface area contributed by atoms with Gasteiger partial charge in [-0.2, -0.15) is 0 Å². The zero-order valence-electron chi connectivity index (χ0n) is 44.0. The molecular formula is C66H64GeIrN4O-2. The minimum Gasteiger partial charge on any atom is -0.486 e. The molecule has 0 aliphatic heterocycles. The molecule has 73 heavy (non-hydrogen) atoms. The van der Waals surface area contributed by atoms with Crippen molar-refractivity contribution in [1.29, 1.82) is 0 Å². The monoisotopic (exact) mass is 1200 g/mol. The van der Waals surface area contributed by atoms with Crippen molar-refractivity contribution in [3.63, 3.8) is 0 Å². The topological polar surface area (TPSA) is 56.7 Å². The first-order valence-corrected chi connectivity index (χ1v) is 32.9. The molecule has 0 fully saturated rings. The largest absolute Gasteiger partial charge is 0.486 e. The summed E-state index contributed by atoms with van der Waals surface area (Å²) < 4.78 is 10.6. The fraction of sp³-hybridized carbons (Fsp3) is 0.227. The quantitative estimate of drug-likeness (QED) is 0.101. The van der Waals surface area contributed by atoms with Gasteiger partial charge in [0.2, 0.25) is 5.71 Å². The second-order valence-corrected chi connectivity index (χ2v) is 32.1. The molecule has 0 atom stereocenters. The van der Waals surface area contributed by atoms with Crippen molar-refractivity contribution in [2.45, 2.75) is 90.9 Å². The van der Waals surface area contributed by atoms with Gasteiger partial charge in [-0.3, -0.25) is 4.98 Å². The normalized spacial score (nSPS) is 11.8. The van der Waals surface area contributed by atoms with Crippen molar-refractivity contribution in [2.75, 3.05) is 0 Å². The van der Waals surface area contributed by atoms with E-state index in [4.69, 9.17) is 19.4 Å². The van der Waals surface area contributed by atoms with Gasteiger partial charge in [-0.05, 0) is 112 Å². The van der Waals surface area contributed by atoms with Gasteiger partial charge in [0.25, 0.3) is 0 Å².